The van der Waals surface area contributed by atoms with Crippen molar-refractivity contribution in [3.05, 3.63) is 82.4 Å². The number of rotatable bonds is 15. The Hall–Kier alpha value is -4.21. The Labute approximate surface area is 291 Å². The Bertz CT molecular complexity index is 1720. The summed E-state index contributed by atoms with van der Waals surface area (Å²) in [4.78, 5) is 35.2. The lowest BCUT2D eigenvalue weighted by Gasteiger charge is -2.39. The van der Waals surface area contributed by atoms with E-state index < -0.39 is 5.41 Å². The van der Waals surface area contributed by atoms with Gasteiger partial charge in [0.1, 0.15) is 11.5 Å². The van der Waals surface area contributed by atoms with Gasteiger partial charge in [0.05, 0.1) is 26.2 Å². The summed E-state index contributed by atoms with van der Waals surface area (Å²) in [6.07, 6.45) is 6.70. The van der Waals surface area contributed by atoms with Gasteiger partial charge in [-0.2, -0.15) is 4.79 Å². The van der Waals surface area contributed by atoms with Gasteiger partial charge in [0.2, 0.25) is 5.91 Å². The molecule has 3 aliphatic heterocycles. The summed E-state index contributed by atoms with van der Waals surface area (Å²) in [5.74, 6) is 1.36. The normalized spacial score (nSPS) is 16.7. The number of hydrogen-bond donors (Lipinski definition) is 1. The smallest absolute Gasteiger partial charge is 0.358 e. The molecule has 3 heterocycles. The van der Waals surface area contributed by atoms with E-state index in [1.165, 1.54) is 0 Å². The first-order valence-electron chi connectivity index (χ1n) is 17.4. The molecule has 3 aromatic rings. The Kier molecular flexibility index (Phi) is 10.0. The van der Waals surface area contributed by atoms with E-state index in [1.54, 1.807) is 12.1 Å². The standard InChI is InChI=1S/C38H42ClN5O5/c39-14-3-1-2-4-19-47-21-22-48-20-13-35(45)41-26-7-10-29-32(23-26)38(37(42-40)36(29)46)30-11-8-27(43-15-5-16-43)24-33(30)49-34-25-28(9-12-31(34)38)44-17-6-18-44/h7-12,23-25H,1-6,13-22H2,(H,41,45). The second kappa shape index (κ2) is 14.7. The molecule has 7 rings (SSSR count). The molecule has 4 aliphatic rings. The number of ketones is 1. The number of alkyl halides is 1. The van der Waals surface area contributed by atoms with Crippen molar-refractivity contribution in [3.63, 3.8) is 0 Å². The van der Waals surface area contributed by atoms with E-state index in [1.807, 2.05) is 42.5 Å². The van der Waals surface area contributed by atoms with Gasteiger partial charge < -0.3 is 34.9 Å². The van der Waals surface area contributed by atoms with Crippen LogP contribution in [-0.2, 0) is 19.7 Å². The number of amides is 1. The summed E-state index contributed by atoms with van der Waals surface area (Å²) in [6, 6.07) is 17.3. The van der Waals surface area contributed by atoms with E-state index in [-0.39, 0.29) is 30.4 Å². The summed E-state index contributed by atoms with van der Waals surface area (Å²) in [7, 11) is 0. The number of hydrogen-bond acceptors (Lipinski definition) is 7. The number of Topliss-reactive ketones (excluding diaryl/α,β-unsaturated/α-hetero) is 1. The molecule has 1 N–H and O–H groups in total. The molecular formula is C38H42ClN5O5. The summed E-state index contributed by atoms with van der Waals surface area (Å²) < 4.78 is 17.9. The molecule has 49 heavy (non-hydrogen) atoms. The minimum atomic E-state index is -1.24. The van der Waals surface area contributed by atoms with Gasteiger partial charge in [0.15, 0.2) is 5.41 Å². The van der Waals surface area contributed by atoms with Crippen LogP contribution in [0.4, 0.5) is 17.1 Å². The zero-order valence-corrected chi connectivity index (χ0v) is 28.5. The Balaban J connectivity index is 1.13. The highest BCUT2D eigenvalue weighted by atomic mass is 35.5. The molecule has 0 radical (unpaired) electrons. The lowest BCUT2D eigenvalue weighted by molar-refractivity contribution is -0.117. The second-order valence-electron chi connectivity index (χ2n) is 13.1. The van der Waals surface area contributed by atoms with Crippen molar-refractivity contribution in [2.75, 3.05) is 73.6 Å². The third-order valence-electron chi connectivity index (χ3n) is 10.0. The van der Waals surface area contributed by atoms with Gasteiger partial charge in [-0.05, 0) is 61.6 Å². The third kappa shape index (κ3) is 6.34. The molecule has 11 heteroatoms. The molecule has 0 unspecified atom stereocenters. The molecule has 2 saturated heterocycles. The van der Waals surface area contributed by atoms with Gasteiger partial charge in [0, 0.05) is 84.6 Å². The fraction of sp³-hybridized carbons (Fsp3) is 0.447. The van der Waals surface area contributed by atoms with Crippen LogP contribution in [0.2, 0.25) is 0 Å². The number of unbranched alkanes of at least 4 members (excludes halogenated alkanes) is 3. The van der Waals surface area contributed by atoms with E-state index in [4.69, 9.17) is 25.8 Å². The minimum Gasteiger partial charge on any atom is -0.457 e. The van der Waals surface area contributed by atoms with E-state index >= 15 is 0 Å². The first-order valence-corrected chi connectivity index (χ1v) is 18.0. The predicted molar refractivity (Wildman–Crippen MR) is 190 cm³/mol. The number of nitrogens with one attached hydrogen (secondary N) is 1. The number of carbonyl (C=O) groups excluding carboxylic acids is 2. The first kappa shape index (κ1) is 33.3. The number of fused-ring (bicyclic) bond motifs is 6. The average Bonchev–Trinajstić information content (AvgIpc) is 3.29. The van der Waals surface area contributed by atoms with Gasteiger partial charge in [-0.25, -0.2) is 0 Å². The van der Waals surface area contributed by atoms with Crippen LogP contribution in [0.3, 0.4) is 0 Å². The van der Waals surface area contributed by atoms with Crippen LogP contribution in [0.5, 0.6) is 11.5 Å². The van der Waals surface area contributed by atoms with Crippen molar-refractivity contribution in [1.82, 2.24) is 0 Å². The van der Waals surface area contributed by atoms with Crippen LogP contribution >= 0.6 is 11.6 Å². The summed E-state index contributed by atoms with van der Waals surface area (Å²) in [5.41, 5.74) is 14.4. The third-order valence-corrected chi connectivity index (χ3v) is 10.3. The predicted octanol–water partition coefficient (Wildman–Crippen LogP) is 6.58. The summed E-state index contributed by atoms with van der Waals surface area (Å²) >= 11 is 5.71. The number of carbonyl (C=O) groups is 2. The SMILES string of the molecule is [N-]=[N+]=C1C(=O)c2ccc(NC(=O)CCOCCOCCCCCCCl)cc2C12c1ccc(N3CCC3)cc1Oc1cc(N3CCC3)ccc12. The molecule has 3 aromatic carbocycles. The fourth-order valence-corrected chi connectivity index (χ4v) is 7.39. The molecule has 1 aliphatic carbocycles. The molecule has 0 saturated carbocycles. The van der Waals surface area contributed by atoms with Crippen LogP contribution in [-0.4, -0.2) is 80.7 Å². The van der Waals surface area contributed by atoms with Gasteiger partial charge in [0.25, 0.3) is 5.78 Å². The van der Waals surface area contributed by atoms with Crippen LogP contribution in [0.15, 0.2) is 54.6 Å². The fourth-order valence-electron chi connectivity index (χ4n) is 7.20. The van der Waals surface area contributed by atoms with E-state index in [0.29, 0.717) is 54.0 Å². The number of ether oxygens (including phenoxy) is 3. The van der Waals surface area contributed by atoms with Crippen LogP contribution in [0, 0.1) is 0 Å². The van der Waals surface area contributed by atoms with Gasteiger partial charge in [-0.3, -0.25) is 9.59 Å². The number of benzene rings is 3. The van der Waals surface area contributed by atoms with Crippen molar-refractivity contribution in [3.8, 4) is 11.5 Å². The number of nitrogens with zero attached hydrogens (tertiary/aromatic N) is 4. The van der Waals surface area contributed by atoms with Crippen molar-refractivity contribution >= 4 is 46.1 Å². The molecule has 256 valence electrons. The average molecular weight is 684 g/mol. The maximum atomic E-state index is 14.0. The Morgan fingerprint density at radius 2 is 1.45 bits per heavy atom. The maximum Gasteiger partial charge on any atom is 0.358 e. The molecule has 0 aromatic heterocycles. The van der Waals surface area contributed by atoms with Crippen LogP contribution in [0.1, 0.15) is 72.0 Å². The quantitative estimate of drug-likeness (QED) is 0.0833. The Morgan fingerprint density at radius 1 is 0.816 bits per heavy atom. The van der Waals surface area contributed by atoms with E-state index in [2.05, 4.69) is 19.9 Å². The van der Waals surface area contributed by atoms with Crippen molar-refractivity contribution < 1.29 is 28.6 Å². The Morgan fingerprint density at radius 3 is 2.04 bits per heavy atom. The lowest BCUT2D eigenvalue weighted by atomic mass is 9.67. The summed E-state index contributed by atoms with van der Waals surface area (Å²) in [6.45, 7) is 5.75. The molecule has 2 fully saturated rings. The van der Waals surface area contributed by atoms with Gasteiger partial charge >= 0.3 is 5.71 Å². The van der Waals surface area contributed by atoms with Crippen LogP contribution < -0.4 is 19.9 Å². The highest BCUT2D eigenvalue weighted by Crippen LogP contribution is 2.57. The largest absolute Gasteiger partial charge is 0.457 e. The molecule has 10 nitrogen and oxygen atoms in total. The highest BCUT2D eigenvalue weighted by molar-refractivity contribution is 6.52. The monoisotopic (exact) mass is 683 g/mol. The zero-order chi connectivity index (χ0) is 33.8. The molecule has 0 bridgehead atoms. The maximum absolute atomic E-state index is 14.0. The second-order valence-corrected chi connectivity index (χ2v) is 13.4. The molecule has 1 spiro atoms. The molecule has 1 amide bonds. The van der Waals surface area contributed by atoms with Crippen LogP contribution in [0.25, 0.3) is 5.53 Å². The van der Waals surface area contributed by atoms with Crippen molar-refractivity contribution in [2.45, 2.75) is 50.4 Å². The number of halogens is 1. The molecular weight excluding hydrogens is 642 g/mol. The highest BCUT2D eigenvalue weighted by Gasteiger charge is 2.62. The molecule has 0 atom stereocenters. The lowest BCUT2D eigenvalue weighted by Crippen LogP contribution is -2.41. The zero-order valence-electron chi connectivity index (χ0n) is 27.7. The topological polar surface area (TPSA) is 117 Å². The van der Waals surface area contributed by atoms with Gasteiger partial charge in [-0.1, -0.05) is 25.0 Å². The van der Waals surface area contributed by atoms with E-state index in [9.17, 15) is 15.1 Å². The summed E-state index contributed by atoms with van der Waals surface area (Å²) in [5, 5.41) is 2.99. The van der Waals surface area contributed by atoms with E-state index in [0.717, 1.165) is 87.2 Å². The van der Waals surface area contributed by atoms with Gasteiger partial charge in [-0.15, -0.1) is 11.6 Å². The van der Waals surface area contributed by atoms with Crippen molar-refractivity contribution in [1.29, 1.82) is 0 Å². The van der Waals surface area contributed by atoms with Crippen molar-refractivity contribution in [2.24, 2.45) is 0 Å². The minimum absolute atomic E-state index is 0.0102. The number of anilines is 3. The first-order chi connectivity index (χ1) is 24.0.